The molecule has 4 nitrogen and oxygen atoms in total. The van der Waals surface area contributed by atoms with E-state index >= 15 is 0 Å². The number of carbonyl (C=O) groups excluding carboxylic acids is 1. The van der Waals surface area contributed by atoms with E-state index in [1.165, 1.54) is 12.1 Å². The molecule has 1 aromatic heterocycles. The summed E-state index contributed by atoms with van der Waals surface area (Å²) in [7, 11) is 0. The molecule has 1 aliphatic heterocycles. The molecule has 2 aromatic rings. The Kier molecular flexibility index (Phi) is 3.82. The van der Waals surface area contributed by atoms with Gasteiger partial charge in [0.1, 0.15) is 11.5 Å². The minimum absolute atomic E-state index is 0.0214. The molecule has 3 rings (SSSR count). The van der Waals surface area contributed by atoms with Crippen molar-refractivity contribution >= 4 is 40.0 Å². The summed E-state index contributed by atoms with van der Waals surface area (Å²) in [6.45, 7) is 1.13. The smallest absolute Gasteiger partial charge is 0.271 e. The van der Waals surface area contributed by atoms with Crippen molar-refractivity contribution < 1.29 is 9.18 Å². The summed E-state index contributed by atoms with van der Waals surface area (Å²) in [4.78, 5) is 17.1. The minimum atomic E-state index is -0.566. The number of hydrogen-bond donors (Lipinski definition) is 2. The SMILES string of the molecule is N[C@@H]1CCCN(C(=O)c2[nH]c3ccc(F)c(Cl)c3c2Cl)C1. The molecule has 0 aliphatic carbocycles. The molecule has 0 spiro atoms. The molecule has 0 unspecified atom stereocenters. The first-order valence-electron chi connectivity index (χ1n) is 6.69. The first-order valence-corrected chi connectivity index (χ1v) is 7.44. The fourth-order valence-electron chi connectivity index (χ4n) is 2.68. The third-order valence-electron chi connectivity index (χ3n) is 3.75. The number of halogens is 3. The van der Waals surface area contributed by atoms with Gasteiger partial charge in [-0.3, -0.25) is 4.79 Å². The van der Waals surface area contributed by atoms with Crippen LogP contribution in [-0.2, 0) is 0 Å². The highest BCUT2D eigenvalue weighted by molar-refractivity contribution is 6.44. The van der Waals surface area contributed by atoms with Gasteiger partial charge in [0, 0.05) is 30.0 Å². The molecule has 21 heavy (non-hydrogen) atoms. The van der Waals surface area contributed by atoms with Crippen molar-refractivity contribution in [1.82, 2.24) is 9.88 Å². The van der Waals surface area contributed by atoms with E-state index < -0.39 is 5.82 Å². The summed E-state index contributed by atoms with van der Waals surface area (Å²) < 4.78 is 13.5. The molecule has 3 N–H and O–H groups in total. The first-order chi connectivity index (χ1) is 9.99. The molecule has 0 saturated carbocycles. The molecule has 2 heterocycles. The number of nitrogens with zero attached hydrogens (tertiary/aromatic N) is 1. The quantitative estimate of drug-likeness (QED) is 0.844. The van der Waals surface area contributed by atoms with E-state index in [-0.39, 0.29) is 27.7 Å². The van der Waals surface area contributed by atoms with Gasteiger partial charge in [-0.05, 0) is 25.0 Å². The Labute approximate surface area is 131 Å². The van der Waals surface area contributed by atoms with Crippen molar-refractivity contribution in [3.8, 4) is 0 Å². The van der Waals surface area contributed by atoms with Crippen LogP contribution in [0.4, 0.5) is 4.39 Å². The Balaban J connectivity index is 2.02. The average Bonchev–Trinajstić information content (AvgIpc) is 2.80. The van der Waals surface area contributed by atoms with Crippen molar-refractivity contribution in [2.75, 3.05) is 13.1 Å². The average molecular weight is 330 g/mol. The van der Waals surface area contributed by atoms with Gasteiger partial charge < -0.3 is 15.6 Å². The maximum absolute atomic E-state index is 13.5. The lowest BCUT2D eigenvalue weighted by atomic mass is 10.1. The molecule has 112 valence electrons. The van der Waals surface area contributed by atoms with Crippen LogP contribution in [0.2, 0.25) is 10.0 Å². The fourth-order valence-corrected chi connectivity index (χ4v) is 3.32. The summed E-state index contributed by atoms with van der Waals surface area (Å²) in [5, 5.41) is 0.407. The van der Waals surface area contributed by atoms with Crippen LogP contribution in [0.5, 0.6) is 0 Å². The van der Waals surface area contributed by atoms with Crippen LogP contribution in [-0.4, -0.2) is 34.9 Å². The summed E-state index contributed by atoms with van der Waals surface area (Å²) in [5.41, 5.74) is 6.66. The van der Waals surface area contributed by atoms with Gasteiger partial charge in [0.2, 0.25) is 0 Å². The zero-order valence-corrected chi connectivity index (χ0v) is 12.6. The van der Waals surface area contributed by atoms with E-state index in [9.17, 15) is 9.18 Å². The van der Waals surface area contributed by atoms with Crippen LogP contribution in [0.25, 0.3) is 10.9 Å². The minimum Gasteiger partial charge on any atom is -0.349 e. The van der Waals surface area contributed by atoms with Crippen LogP contribution < -0.4 is 5.73 Å². The number of hydrogen-bond acceptors (Lipinski definition) is 2. The Morgan fingerprint density at radius 1 is 1.38 bits per heavy atom. The molecule has 7 heteroatoms. The van der Waals surface area contributed by atoms with E-state index in [4.69, 9.17) is 28.9 Å². The van der Waals surface area contributed by atoms with E-state index in [0.29, 0.717) is 24.0 Å². The second kappa shape index (κ2) is 5.48. The Morgan fingerprint density at radius 3 is 2.86 bits per heavy atom. The van der Waals surface area contributed by atoms with Gasteiger partial charge >= 0.3 is 0 Å². The van der Waals surface area contributed by atoms with Crippen molar-refractivity contribution in [3.05, 3.63) is 33.7 Å². The summed E-state index contributed by atoms with van der Waals surface area (Å²) in [6.07, 6.45) is 1.77. The second-order valence-electron chi connectivity index (χ2n) is 5.25. The summed E-state index contributed by atoms with van der Waals surface area (Å²) in [6, 6.07) is 2.73. The van der Waals surface area contributed by atoms with Crippen molar-refractivity contribution in [2.45, 2.75) is 18.9 Å². The third kappa shape index (κ3) is 2.50. The number of benzene rings is 1. The van der Waals surface area contributed by atoms with E-state index in [0.717, 1.165) is 12.8 Å². The molecule has 1 aliphatic rings. The van der Waals surface area contributed by atoms with Crippen molar-refractivity contribution in [3.63, 3.8) is 0 Å². The van der Waals surface area contributed by atoms with Gasteiger partial charge in [-0.1, -0.05) is 23.2 Å². The monoisotopic (exact) mass is 329 g/mol. The number of likely N-dealkylation sites (tertiary alicyclic amines) is 1. The number of carbonyl (C=O) groups is 1. The largest absolute Gasteiger partial charge is 0.349 e. The molecule has 1 atom stereocenters. The number of aromatic amines is 1. The highest BCUT2D eigenvalue weighted by Gasteiger charge is 2.27. The van der Waals surface area contributed by atoms with Crippen LogP contribution in [0.3, 0.4) is 0 Å². The molecule has 1 fully saturated rings. The Hall–Kier alpha value is -1.30. The number of nitrogens with two attached hydrogens (primary N) is 1. The standard InChI is InChI=1S/C14H14Cl2FN3O/c15-11-8(17)3-4-9-10(11)12(16)13(19-9)14(21)20-5-1-2-7(18)6-20/h3-4,7,19H,1-2,5-6,18H2/t7-/m1/s1. The highest BCUT2D eigenvalue weighted by atomic mass is 35.5. The predicted octanol–water partition coefficient (Wildman–Crippen LogP) is 3.18. The molecule has 1 saturated heterocycles. The van der Waals surface area contributed by atoms with Crippen LogP contribution in [0.1, 0.15) is 23.3 Å². The van der Waals surface area contributed by atoms with Crippen molar-refractivity contribution in [2.24, 2.45) is 5.73 Å². The molecule has 0 bridgehead atoms. The lowest BCUT2D eigenvalue weighted by Crippen LogP contribution is -2.45. The number of aromatic nitrogens is 1. The predicted molar refractivity (Wildman–Crippen MR) is 81.4 cm³/mol. The van der Waals surface area contributed by atoms with Crippen LogP contribution in [0, 0.1) is 5.82 Å². The van der Waals surface area contributed by atoms with Crippen LogP contribution >= 0.6 is 23.2 Å². The maximum atomic E-state index is 13.5. The lowest BCUT2D eigenvalue weighted by Gasteiger charge is -2.30. The molecule has 1 aromatic carbocycles. The summed E-state index contributed by atoms with van der Waals surface area (Å²) >= 11 is 12.2. The third-order valence-corrected chi connectivity index (χ3v) is 4.50. The fraction of sp³-hybridized carbons (Fsp3) is 0.357. The number of amides is 1. The number of piperidine rings is 1. The highest BCUT2D eigenvalue weighted by Crippen LogP contribution is 2.35. The topological polar surface area (TPSA) is 62.1 Å². The second-order valence-corrected chi connectivity index (χ2v) is 6.01. The van der Waals surface area contributed by atoms with Gasteiger partial charge in [0.25, 0.3) is 5.91 Å². The van der Waals surface area contributed by atoms with Crippen molar-refractivity contribution in [1.29, 1.82) is 0 Å². The molecular formula is C14H14Cl2FN3O. The number of H-pyrrole nitrogens is 1. The van der Waals surface area contributed by atoms with Crippen LogP contribution in [0.15, 0.2) is 12.1 Å². The van der Waals surface area contributed by atoms with Gasteiger partial charge in [-0.15, -0.1) is 0 Å². The van der Waals surface area contributed by atoms with E-state index in [1.54, 1.807) is 4.90 Å². The molecule has 0 radical (unpaired) electrons. The zero-order valence-electron chi connectivity index (χ0n) is 11.1. The van der Waals surface area contributed by atoms with Gasteiger partial charge in [0.05, 0.1) is 10.0 Å². The normalized spacial score (nSPS) is 19.2. The van der Waals surface area contributed by atoms with Gasteiger partial charge in [0.15, 0.2) is 0 Å². The number of nitrogens with one attached hydrogen (secondary N) is 1. The first kappa shape index (κ1) is 14.6. The zero-order chi connectivity index (χ0) is 15.1. The van der Waals surface area contributed by atoms with E-state index in [1.807, 2.05) is 0 Å². The van der Waals surface area contributed by atoms with E-state index in [2.05, 4.69) is 4.98 Å². The number of fused-ring (bicyclic) bond motifs is 1. The Bertz CT molecular complexity index is 716. The van der Waals surface area contributed by atoms with Gasteiger partial charge in [-0.25, -0.2) is 4.39 Å². The molecule has 1 amide bonds. The lowest BCUT2D eigenvalue weighted by molar-refractivity contribution is 0.0704. The number of rotatable bonds is 1. The maximum Gasteiger partial charge on any atom is 0.271 e. The van der Waals surface area contributed by atoms with Gasteiger partial charge in [-0.2, -0.15) is 0 Å². The Morgan fingerprint density at radius 2 is 2.14 bits per heavy atom. The summed E-state index contributed by atoms with van der Waals surface area (Å²) in [5.74, 6) is -0.799. The molecular weight excluding hydrogens is 316 g/mol.